The maximum Gasteiger partial charge on any atom is 0.303 e. The van der Waals surface area contributed by atoms with Crippen LogP contribution in [0.2, 0.25) is 0 Å². The van der Waals surface area contributed by atoms with Gasteiger partial charge in [0.15, 0.2) is 0 Å². The van der Waals surface area contributed by atoms with Crippen LogP contribution in [0.4, 0.5) is 0 Å². The molecular formula is C14H16N2O3. The summed E-state index contributed by atoms with van der Waals surface area (Å²) in [5.74, 6) is -0.935. The maximum atomic E-state index is 12.0. The van der Waals surface area contributed by atoms with Gasteiger partial charge in [0.25, 0.3) is 5.91 Å². The molecule has 0 aliphatic rings. The average Bonchev–Trinajstić information content (AvgIpc) is 2.81. The quantitative estimate of drug-likeness (QED) is 0.696. The molecule has 2 rings (SSSR count). The first-order valence-electron chi connectivity index (χ1n) is 6.24. The Kier molecular flexibility index (Phi) is 4.18. The minimum atomic E-state index is -0.803. The van der Waals surface area contributed by atoms with E-state index >= 15 is 0 Å². The number of hydrogen-bond donors (Lipinski definition) is 3. The maximum absolute atomic E-state index is 12.0. The highest BCUT2D eigenvalue weighted by Crippen LogP contribution is 2.17. The van der Waals surface area contributed by atoms with Crippen LogP contribution in [0.3, 0.4) is 0 Å². The van der Waals surface area contributed by atoms with E-state index in [2.05, 4.69) is 10.3 Å². The van der Waals surface area contributed by atoms with Gasteiger partial charge in [-0.05, 0) is 18.9 Å². The lowest BCUT2D eigenvalue weighted by molar-refractivity contribution is -0.137. The predicted octanol–water partition coefficient (Wildman–Crippen LogP) is 2.15. The lowest BCUT2D eigenvalue weighted by Gasteiger charge is -2.03. The van der Waals surface area contributed by atoms with Gasteiger partial charge >= 0.3 is 5.97 Å². The van der Waals surface area contributed by atoms with Crippen LogP contribution in [0.1, 0.15) is 29.6 Å². The number of carboxylic acids is 1. The topological polar surface area (TPSA) is 82.2 Å². The number of nitrogens with one attached hydrogen (secondary N) is 2. The van der Waals surface area contributed by atoms with Crippen molar-refractivity contribution in [2.45, 2.75) is 19.3 Å². The van der Waals surface area contributed by atoms with E-state index < -0.39 is 5.97 Å². The number of hydrogen-bond acceptors (Lipinski definition) is 2. The normalized spacial score (nSPS) is 10.5. The first-order chi connectivity index (χ1) is 9.18. The van der Waals surface area contributed by atoms with Crippen molar-refractivity contribution in [3.8, 4) is 0 Å². The fourth-order valence-electron chi connectivity index (χ4n) is 1.96. The lowest BCUT2D eigenvalue weighted by Crippen LogP contribution is -2.24. The van der Waals surface area contributed by atoms with E-state index in [-0.39, 0.29) is 12.3 Å². The van der Waals surface area contributed by atoms with Crippen LogP contribution < -0.4 is 5.32 Å². The molecule has 19 heavy (non-hydrogen) atoms. The molecule has 0 spiro atoms. The number of aromatic amines is 1. The molecule has 0 saturated heterocycles. The molecule has 0 aliphatic heterocycles. The molecule has 5 heteroatoms. The zero-order valence-electron chi connectivity index (χ0n) is 10.5. The average molecular weight is 260 g/mol. The van der Waals surface area contributed by atoms with Crippen LogP contribution >= 0.6 is 0 Å². The van der Waals surface area contributed by atoms with Gasteiger partial charge in [0.2, 0.25) is 0 Å². The molecule has 0 atom stereocenters. The molecule has 1 aromatic carbocycles. The van der Waals surface area contributed by atoms with Crippen molar-refractivity contribution in [2.24, 2.45) is 0 Å². The van der Waals surface area contributed by atoms with Crippen LogP contribution in [-0.4, -0.2) is 28.5 Å². The molecule has 100 valence electrons. The smallest absolute Gasteiger partial charge is 0.303 e. The second kappa shape index (κ2) is 6.04. The molecule has 0 radical (unpaired) electrons. The van der Waals surface area contributed by atoms with E-state index in [9.17, 15) is 9.59 Å². The summed E-state index contributed by atoms with van der Waals surface area (Å²) in [6, 6.07) is 7.61. The third-order valence-electron chi connectivity index (χ3n) is 2.94. The zero-order chi connectivity index (χ0) is 13.7. The van der Waals surface area contributed by atoms with Gasteiger partial charge in [-0.2, -0.15) is 0 Å². The minimum absolute atomic E-state index is 0.132. The predicted molar refractivity (Wildman–Crippen MR) is 72.1 cm³/mol. The molecule has 2 aromatic rings. The standard InChI is InChI=1S/C14H16N2O3/c17-13(18)7-3-4-8-15-14(19)11-9-16-12-6-2-1-5-10(11)12/h1-2,5-6,9,16H,3-4,7-8H2,(H,15,19)(H,17,18). The van der Waals surface area contributed by atoms with E-state index in [0.717, 1.165) is 10.9 Å². The highest BCUT2D eigenvalue weighted by molar-refractivity contribution is 6.06. The Morgan fingerprint density at radius 1 is 1.21 bits per heavy atom. The summed E-state index contributed by atoms with van der Waals surface area (Å²) in [6.07, 6.45) is 3.07. The SMILES string of the molecule is O=C(O)CCCCNC(=O)c1c[nH]c2ccccc12. The van der Waals surface area contributed by atoms with Gasteiger partial charge in [-0.3, -0.25) is 9.59 Å². The lowest BCUT2D eigenvalue weighted by atomic mass is 10.1. The second-order valence-corrected chi connectivity index (χ2v) is 4.35. The Balaban J connectivity index is 1.88. The van der Waals surface area contributed by atoms with Crippen molar-refractivity contribution in [3.05, 3.63) is 36.0 Å². The van der Waals surface area contributed by atoms with Crippen LogP contribution in [0, 0.1) is 0 Å². The van der Waals surface area contributed by atoms with Crippen LogP contribution in [0.5, 0.6) is 0 Å². The number of carbonyl (C=O) groups is 2. The summed E-state index contributed by atoms with van der Waals surface area (Å²) in [5, 5.41) is 12.2. The number of fused-ring (bicyclic) bond motifs is 1. The van der Waals surface area contributed by atoms with E-state index in [1.165, 1.54) is 0 Å². The third-order valence-corrected chi connectivity index (χ3v) is 2.94. The first-order valence-corrected chi connectivity index (χ1v) is 6.24. The van der Waals surface area contributed by atoms with Gasteiger partial charge in [-0.15, -0.1) is 0 Å². The monoisotopic (exact) mass is 260 g/mol. The number of carboxylic acid groups (broad SMARTS) is 1. The largest absolute Gasteiger partial charge is 0.481 e. The molecule has 1 aromatic heterocycles. The Bertz CT molecular complexity index is 589. The molecule has 1 heterocycles. The number of carbonyl (C=O) groups excluding carboxylic acids is 1. The molecule has 3 N–H and O–H groups in total. The number of rotatable bonds is 6. The van der Waals surface area contributed by atoms with Crippen molar-refractivity contribution < 1.29 is 14.7 Å². The van der Waals surface area contributed by atoms with Crippen molar-refractivity contribution >= 4 is 22.8 Å². The fraction of sp³-hybridized carbons (Fsp3) is 0.286. The second-order valence-electron chi connectivity index (χ2n) is 4.35. The minimum Gasteiger partial charge on any atom is -0.481 e. The van der Waals surface area contributed by atoms with Crippen molar-refractivity contribution in [2.75, 3.05) is 6.54 Å². The summed E-state index contributed by atoms with van der Waals surface area (Å²) >= 11 is 0. The molecule has 5 nitrogen and oxygen atoms in total. The van der Waals surface area contributed by atoms with E-state index in [0.29, 0.717) is 24.9 Å². The van der Waals surface area contributed by atoms with E-state index in [4.69, 9.17) is 5.11 Å². The molecule has 0 bridgehead atoms. The fourth-order valence-corrected chi connectivity index (χ4v) is 1.96. The molecule has 0 unspecified atom stereocenters. The number of benzene rings is 1. The molecule has 0 saturated carbocycles. The Hall–Kier alpha value is -2.30. The Labute approximate surface area is 110 Å². The first kappa shape index (κ1) is 13.1. The van der Waals surface area contributed by atoms with Crippen molar-refractivity contribution in [3.63, 3.8) is 0 Å². The summed E-state index contributed by atoms with van der Waals surface area (Å²) in [5.41, 5.74) is 1.55. The van der Waals surface area contributed by atoms with Gasteiger partial charge in [0.05, 0.1) is 5.56 Å². The van der Waals surface area contributed by atoms with E-state index in [1.54, 1.807) is 6.20 Å². The third kappa shape index (κ3) is 3.34. The van der Waals surface area contributed by atoms with Crippen LogP contribution in [-0.2, 0) is 4.79 Å². The molecule has 1 amide bonds. The van der Waals surface area contributed by atoms with Gasteiger partial charge in [0.1, 0.15) is 0 Å². The summed E-state index contributed by atoms with van der Waals surface area (Å²) in [6.45, 7) is 0.492. The zero-order valence-corrected chi connectivity index (χ0v) is 10.5. The van der Waals surface area contributed by atoms with Gasteiger partial charge in [-0.1, -0.05) is 18.2 Å². The number of H-pyrrole nitrogens is 1. The Morgan fingerprint density at radius 3 is 2.79 bits per heavy atom. The molecule has 0 fully saturated rings. The van der Waals surface area contributed by atoms with E-state index in [1.807, 2.05) is 24.3 Å². The highest BCUT2D eigenvalue weighted by Gasteiger charge is 2.10. The Morgan fingerprint density at radius 2 is 2.00 bits per heavy atom. The molecular weight excluding hydrogens is 244 g/mol. The highest BCUT2D eigenvalue weighted by atomic mass is 16.4. The van der Waals surface area contributed by atoms with Crippen molar-refractivity contribution in [1.82, 2.24) is 10.3 Å². The summed E-state index contributed by atoms with van der Waals surface area (Å²) in [4.78, 5) is 25.4. The number of para-hydroxylation sites is 1. The molecule has 0 aliphatic carbocycles. The number of aromatic nitrogens is 1. The van der Waals surface area contributed by atoms with Crippen LogP contribution in [0.15, 0.2) is 30.5 Å². The summed E-state index contributed by atoms with van der Waals surface area (Å²) in [7, 11) is 0. The van der Waals surface area contributed by atoms with Crippen molar-refractivity contribution in [1.29, 1.82) is 0 Å². The number of amides is 1. The number of aliphatic carboxylic acids is 1. The summed E-state index contributed by atoms with van der Waals surface area (Å²) < 4.78 is 0. The number of unbranched alkanes of at least 4 members (excludes halogenated alkanes) is 1. The van der Waals surface area contributed by atoms with Gasteiger partial charge < -0.3 is 15.4 Å². The van der Waals surface area contributed by atoms with Gasteiger partial charge in [0, 0.05) is 30.1 Å². The van der Waals surface area contributed by atoms with Gasteiger partial charge in [-0.25, -0.2) is 0 Å². The van der Waals surface area contributed by atoms with Crippen LogP contribution in [0.25, 0.3) is 10.9 Å².